The minimum Gasteiger partial charge on any atom is -0.384 e. The molecule has 1 aliphatic rings. The topological polar surface area (TPSA) is 63.7 Å². The lowest BCUT2D eigenvalue weighted by Crippen LogP contribution is -2.39. The molecule has 0 aromatic carbocycles. The van der Waals surface area contributed by atoms with Crippen LogP contribution in [0.2, 0.25) is 0 Å². The van der Waals surface area contributed by atoms with Crippen LogP contribution >= 0.6 is 0 Å². The van der Waals surface area contributed by atoms with Gasteiger partial charge in [0.1, 0.15) is 5.78 Å². The van der Waals surface area contributed by atoms with E-state index in [1.54, 1.807) is 7.11 Å². The van der Waals surface area contributed by atoms with Crippen LogP contribution in [0.5, 0.6) is 0 Å². The summed E-state index contributed by atoms with van der Waals surface area (Å²) < 4.78 is 29.5. The highest BCUT2D eigenvalue weighted by Gasteiger charge is 2.27. The molecule has 0 radical (unpaired) electrons. The van der Waals surface area contributed by atoms with Crippen molar-refractivity contribution in [3.63, 3.8) is 0 Å². The summed E-state index contributed by atoms with van der Waals surface area (Å²) in [5, 5.41) is 0. The maximum atomic E-state index is 11.9. The Kier molecular flexibility index (Phi) is 6.42. The summed E-state index contributed by atoms with van der Waals surface area (Å²) in [6, 6.07) is 0. The van der Waals surface area contributed by atoms with Crippen molar-refractivity contribution in [2.24, 2.45) is 11.8 Å². The number of Topliss-reactive ketones (excluding diaryl/α,β-unsaturated/α-hetero) is 1. The van der Waals surface area contributed by atoms with E-state index in [-0.39, 0.29) is 17.6 Å². The maximum absolute atomic E-state index is 11.9. The number of nitrogens with zero attached hydrogens (tertiary/aromatic N) is 1. The van der Waals surface area contributed by atoms with Crippen molar-refractivity contribution >= 4 is 15.8 Å². The highest BCUT2D eigenvalue weighted by Crippen LogP contribution is 2.22. The molecular weight excluding hydrogens is 266 g/mol. The number of hydrogen-bond acceptors (Lipinski definition) is 4. The minimum atomic E-state index is -3.12. The third-order valence-electron chi connectivity index (χ3n) is 3.49. The Morgan fingerprint density at radius 2 is 2.16 bits per heavy atom. The predicted octanol–water partition coefficient (Wildman–Crippen LogP) is 1.29. The van der Waals surface area contributed by atoms with Crippen LogP contribution in [0.4, 0.5) is 0 Å². The molecule has 0 N–H and O–H groups in total. The fraction of sp³-hybridized carbons (Fsp3) is 0.923. The van der Waals surface area contributed by atoms with Crippen molar-refractivity contribution in [2.75, 3.05) is 33.1 Å². The molecule has 0 saturated carbocycles. The molecule has 2 unspecified atom stereocenters. The molecule has 2 atom stereocenters. The molecule has 0 spiro atoms. The number of carbonyl (C=O) groups is 1. The Labute approximate surface area is 116 Å². The van der Waals surface area contributed by atoms with Crippen molar-refractivity contribution in [3.05, 3.63) is 0 Å². The predicted molar refractivity (Wildman–Crippen MR) is 74.4 cm³/mol. The average molecular weight is 291 g/mol. The van der Waals surface area contributed by atoms with Crippen molar-refractivity contribution in [2.45, 2.75) is 32.6 Å². The number of carbonyl (C=O) groups excluding carboxylic acids is 1. The highest BCUT2D eigenvalue weighted by atomic mass is 32.2. The van der Waals surface area contributed by atoms with Gasteiger partial charge in [0, 0.05) is 39.6 Å². The zero-order chi connectivity index (χ0) is 14.5. The SMILES string of the molecule is COCC(C)CC(=O)CC1CCCN(S(C)(=O)=O)C1. The van der Waals surface area contributed by atoms with Crippen LogP contribution in [-0.4, -0.2) is 51.6 Å². The van der Waals surface area contributed by atoms with E-state index in [1.165, 1.54) is 10.6 Å². The van der Waals surface area contributed by atoms with Crippen LogP contribution in [0.15, 0.2) is 0 Å². The lowest BCUT2D eigenvalue weighted by Gasteiger charge is -2.30. The second-order valence-corrected chi connectivity index (χ2v) is 7.62. The van der Waals surface area contributed by atoms with E-state index in [2.05, 4.69) is 0 Å². The van der Waals surface area contributed by atoms with Gasteiger partial charge in [-0.1, -0.05) is 6.92 Å². The summed E-state index contributed by atoms with van der Waals surface area (Å²) in [4.78, 5) is 11.9. The first-order valence-electron chi connectivity index (χ1n) is 6.78. The van der Waals surface area contributed by atoms with Gasteiger partial charge in [-0.2, -0.15) is 0 Å². The first-order chi connectivity index (χ1) is 8.82. The molecule has 1 fully saturated rings. The summed E-state index contributed by atoms with van der Waals surface area (Å²) in [5.74, 6) is 0.614. The van der Waals surface area contributed by atoms with Gasteiger partial charge < -0.3 is 4.74 Å². The van der Waals surface area contributed by atoms with E-state index < -0.39 is 10.0 Å². The molecule has 1 aliphatic heterocycles. The fourth-order valence-corrected chi connectivity index (χ4v) is 3.57. The van der Waals surface area contributed by atoms with Gasteiger partial charge in [-0.15, -0.1) is 0 Å². The molecule has 5 nitrogen and oxygen atoms in total. The van der Waals surface area contributed by atoms with E-state index in [1.807, 2.05) is 6.92 Å². The van der Waals surface area contributed by atoms with Gasteiger partial charge in [0.25, 0.3) is 0 Å². The van der Waals surface area contributed by atoms with Gasteiger partial charge in [0.2, 0.25) is 10.0 Å². The number of rotatable bonds is 7. The Bertz CT molecular complexity index is 393. The Morgan fingerprint density at radius 3 is 2.74 bits per heavy atom. The van der Waals surface area contributed by atoms with E-state index in [0.717, 1.165) is 12.8 Å². The molecule has 1 rings (SSSR count). The van der Waals surface area contributed by atoms with Gasteiger partial charge >= 0.3 is 0 Å². The van der Waals surface area contributed by atoms with Gasteiger partial charge in [-0.05, 0) is 24.7 Å². The molecule has 0 bridgehead atoms. The van der Waals surface area contributed by atoms with Crippen LogP contribution < -0.4 is 0 Å². The lowest BCUT2D eigenvalue weighted by atomic mass is 9.91. The summed E-state index contributed by atoms with van der Waals surface area (Å²) >= 11 is 0. The number of ether oxygens (including phenoxy) is 1. The van der Waals surface area contributed by atoms with E-state index in [0.29, 0.717) is 32.5 Å². The third kappa shape index (κ3) is 6.01. The summed E-state index contributed by atoms with van der Waals surface area (Å²) in [5.41, 5.74) is 0. The van der Waals surface area contributed by atoms with Crippen LogP contribution in [0, 0.1) is 11.8 Å². The zero-order valence-corrected chi connectivity index (χ0v) is 12.9. The fourth-order valence-electron chi connectivity index (χ4n) is 2.63. The van der Waals surface area contributed by atoms with Crippen molar-refractivity contribution in [1.82, 2.24) is 4.31 Å². The second-order valence-electron chi connectivity index (χ2n) is 5.64. The summed E-state index contributed by atoms with van der Waals surface area (Å²) in [7, 11) is -1.49. The van der Waals surface area contributed by atoms with Gasteiger partial charge in [-0.3, -0.25) is 4.79 Å². The molecule has 19 heavy (non-hydrogen) atoms. The monoisotopic (exact) mass is 291 g/mol. The normalized spacial score (nSPS) is 23.2. The molecule has 0 aliphatic carbocycles. The summed E-state index contributed by atoms with van der Waals surface area (Å²) in [6.07, 6.45) is 4.02. The summed E-state index contributed by atoms with van der Waals surface area (Å²) in [6.45, 7) is 3.66. The largest absolute Gasteiger partial charge is 0.384 e. The molecule has 6 heteroatoms. The van der Waals surface area contributed by atoms with E-state index in [9.17, 15) is 13.2 Å². The van der Waals surface area contributed by atoms with Gasteiger partial charge in [-0.25, -0.2) is 12.7 Å². The van der Waals surface area contributed by atoms with Crippen molar-refractivity contribution < 1.29 is 17.9 Å². The Hall–Kier alpha value is -0.460. The van der Waals surface area contributed by atoms with Crippen molar-refractivity contribution in [3.8, 4) is 0 Å². The quantitative estimate of drug-likeness (QED) is 0.709. The molecular formula is C13H25NO4S. The maximum Gasteiger partial charge on any atom is 0.211 e. The standard InChI is InChI=1S/C13H25NO4S/c1-11(10-18-2)7-13(15)8-12-5-4-6-14(9-12)19(3,16)17/h11-12H,4-10H2,1-3H3. The number of hydrogen-bond donors (Lipinski definition) is 0. The first kappa shape index (κ1) is 16.6. The van der Waals surface area contributed by atoms with E-state index in [4.69, 9.17) is 4.74 Å². The highest BCUT2D eigenvalue weighted by molar-refractivity contribution is 7.88. The molecule has 112 valence electrons. The van der Waals surface area contributed by atoms with Crippen LogP contribution in [0.3, 0.4) is 0 Å². The van der Waals surface area contributed by atoms with Gasteiger partial charge in [0.05, 0.1) is 6.26 Å². The number of sulfonamides is 1. The number of piperidine rings is 1. The third-order valence-corrected chi connectivity index (χ3v) is 4.76. The molecule has 0 amide bonds. The van der Waals surface area contributed by atoms with Crippen molar-refractivity contribution in [1.29, 1.82) is 0 Å². The molecule has 0 aromatic heterocycles. The second kappa shape index (κ2) is 7.36. The van der Waals surface area contributed by atoms with Crippen LogP contribution in [0.25, 0.3) is 0 Å². The minimum absolute atomic E-state index is 0.172. The average Bonchev–Trinajstić information content (AvgIpc) is 2.28. The number of methoxy groups -OCH3 is 1. The Morgan fingerprint density at radius 1 is 1.47 bits per heavy atom. The number of ketones is 1. The van der Waals surface area contributed by atoms with Crippen LogP contribution in [0.1, 0.15) is 32.6 Å². The van der Waals surface area contributed by atoms with Gasteiger partial charge in [0.15, 0.2) is 0 Å². The van der Waals surface area contributed by atoms with E-state index >= 15 is 0 Å². The molecule has 0 aromatic rings. The smallest absolute Gasteiger partial charge is 0.211 e. The lowest BCUT2D eigenvalue weighted by molar-refractivity contribution is -0.121. The Balaban J connectivity index is 2.42. The molecule has 1 saturated heterocycles. The molecule has 1 heterocycles. The first-order valence-corrected chi connectivity index (χ1v) is 8.63. The zero-order valence-electron chi connectivity index (χ0n) is 12.1. The van der Waals surface area contributed by atoms with Crippen LogP contribution in [-0.2, 0) is 19.6 Å².